The first-order valence-corrected chi connectivity index (χ1v) is 7.30. The minimum Gasteiger partial charge on any atom is -0.481 e. The zero-order chi connectivity index (χ0) is 12.4. The summed E-state index contributed by atoms with van der Waals surface area (Å²) in [4.78, 5) is 11.4. The minimum absolute atomic E-state index is 0.0498. The Hall–Kier alpha value is -0.530. The topological polar surface area (TPSA) is 37.3 Å². The first-order valence-electron chi connectivity index (χ1n) is 7.30. The molecule has 0 aromatic heterocycles. The highest BCUT2D eigenvalue weighted by Gasteiger charge is 2.38. The third kappa shape index (κ3) is 3.02. The van der Waals surface area contributed by atoms with Crippen LogP contribution in [0, 0.1) is 29.6 Å². The minimum atomic E-state index is -0.541. The number of hydrogen-bond acceptors (Lipinski definition) is 1. The van der Waals surface area contributed by atoms with Gasteiger partial charge in [0.1, 0.15) is 0 Å². The molecule has 2 fully saturated rings. The maximum atomic E-state index is 11.4. The molecule has 0 bridgehead atoms. The van der Waals surface area contributed by atoms with E-state index in [0.29, 0.717) is 11.8 Å². The van der Waals surface area contributed by atoms with Crippen LogP contribution in [0.2, 0.25) is 0 Å². The number of carboxylic acid groups (broad SMARTS) is 1. The molecule has 4 unspecified atom stereocenters. The molecule has 0 aromatic rings. The van der Waals surface area contributed by atoms with Crippen LogP contribution in [-0.4, -0.2) is 11.1 Å². The summed E-state index contributed by atoms with van der Waals surface area (Å²) >= 11 is 0. The number of carboxylic acids is 1. The zero-order valence-electron chi connectivity index (χ0n) is 11.2. The summed E-state index contributed by atoms with van der Waals surface area (Å²) in [5.41, 5.74) is 0. The van der Waals surface area contributed by atoms with Crippen LogP contribution in [0.5, 0.6) is 0 Å². The van der Waals surface area contributed by atoms with Gasteiger partial charge in [-0.25, -0.2) is 0 Å². The second-order valence-electron chi connectivity index (χ2n) is 6.57. The average molecular weight is 238 g/mol. The molecule has 0 heterocycles. The molecule has 2 heteroatoms. The van der Waals surface area contributed by atoms with Crippen LogP contribution in [0.25, 0.3) is 0 Å². The van der Waals surface area contributed by atoms with Gasteiger partial charge in [0.05, 0.1) is 5.92 Å². The van der Waals surface area contributed by atoms with E-state index >= 15 is 0 Å². The number of aliphatic carboxylic acids is 1. The Kier molecular flexibility index (Phi) is 4.11. The Morgan fingerprint density at radius 3 is 2.18 bits per heavy atom. The Balaban J connectivity index is 2.05. The van der Waals surface area contributed by atoms with Gasteiger partial charge in [-0.3, -0.25) is 4.79 Å². The van der Waals surface area contributed by atoms with Gasteiger partial charge in [-0.2, -0.15) is 0 Å². The van der Waals surface area contributed by atoms with Crippen molar-refractivity contribution in [2.45, 2.75) is 58.8 Å². The van der Waals surface area contributed by atoms with Crippen molar-refractivity contribution in [2.24, 2.45) is 29.6 Å². The highest BCUT2D eigenvalue weighted by atomic mass is 16.4. The number of rotatable bonds is 2. The summed E-state index contributed by atoms with van der Waals surface area (Å²) < 4.78 is 0. The van der Waals surface area contributed by atoms with Crippen molar-refractivity contribution >= 4 is 5.97 Å². The van der Waals surface area contributed by atoms with Crippen LogP contribution >= 0.6 is 0 Å². The van der Waals surface area contributed by atoms with Gasteiger partial charge in [0.25, 0.3) is 0 Å². The smallest absolute Gasteiger partial charge is 0.306 e. The predicted molar refractivity (Wildman–Crippen MR) is 68.8 cm³/mol. The second kappa shape index (κ2) is 5.41. The Labute approximate surface area is 105 Å². The Morgan fingerprint density at radius 1 is 1.00 bits per heavy atom. The van der Waals surface area contributed by atoms with Gasteiger partial charge in [-0.15, -0.1) is 0 Å². The van der Waals surface area contributed by atoms with Crippen molar-refractivity contribution in [3.8, 4) is 0 Å². The standard InChI is InChI=1S/C15H26O2/c1-10-7-11(2)9-12(8-10)13-5-3-4-6-14(13)15(16)17/h10-14H,3-9H2,1-2H3,(H,16,17). The third-order valence-electron chi connectivity index (χ3n) is 4.96. The fourth-order valence-corrected chi connectivity index (χ4v) is 4.39. The highest BCUT2D eigenvalue weighted by molar-refractivity contribution is 5.70. The number of carbonyl (C=O) groups is 1. The Morgan fingerprint density at radius 2 is 1.59 bits per heavy atom. The molecule has 17 heavy (non-hydrogen) atoms. The summed E-state index contributed by atoms with van der Waals surface area (Å²) in [5.74, 6) is 2.13. The van der Waals surface area contributed by atoms with Crippen molar-refractivity contribution in [3.05, 3.63) is 0 Å². The molecule has 0 saturated heterocycles. The maximum Gasteiger partial charge on any atom is 0.306 e. The van der Waals surface area contributed by atoms with E-state index in [9.17, 15) is 9.90 Å². The van der Waals surface area contributed by atoms with E-state index in [1.807, 2.05) is 0 Å². The van der Waals surface area contributed by atoms with Gasteiger partial charge in [0.15, 0.2) is 0 Å². The van der Waals surface area contributed by atoms with Gasteiger partial charge >= 0.3 is 5.97 Å². The lowest BCUT2D eigenvalue weighted by Crippen LogP contribution is -2.35. The molecule has 2 aliphatic carbocycles. The molecule has 0 aromatic carbocycles. The van der Waals surface area contributed by atoms with E-state index < -0.39 is 5.97 Å². The van der Waals surface area contributed by atoms with E-state index in [1.54, 1.807) is 0 Å². The maximum absolute atomic E-state index is 11.4. The fraction of sp³-hybridized carbons (Fsp3) is 0.933. The lowest BCUT2D eigenvalue weighted by molar-refractivity contribution is -0.146. The van der Waals surface area contributed by atoms with Crippen molar-refractivity contribution in [2.75, 3.05) is 0 Å². The van der Waals surface area contributed by atoms with Crippen LogP contribution in [0.3, 0.4) is 0 Å². The summed E-state index contributed by atoms with van der Waals surface area (Å²) in [6.45, 7) is 4.67. The van der Waals surface area contributed by atoms with E-state index in [1.165, 1.54) is 25.7 Å². The van der Waals surface area contributed by atoms with Gasteiger partial charge in [0, 0.05) is 0 Å². The molecular formula is C15H26O2. The summed E-state index contributed by atoms with van der Waals surface area (Å²) in [6, 6.07) is 0. The fourth-order valence-electron chi connectivity index (χ4n) is 4.39. The van der Waals surface area contributed by atoms with Crippen LogP contribution < -0.4 is 0 Å². The van der Waals surface area contributed by atoms with Gasteiger partial charge in [-0.1, -0.05) is 26.7 Å². The van der Waals surface area contributed by atoms with Gasteiger partial charge < -0.3 is 5.11 Å². The molecule has 2 saturated carbocycles. The molecule has 2 nitrogen and oxygen atoms in total. The first kappa shape index (κ1) is 12.9. The van der Waals surface area contributed by atoms with Crippen LogP contribution in [0.1, 0.15) is 58.8 Å². The molecular weight excluding hydrogens is 212 g/mol. The summed E-state index contributed by atoms with van der Waals surface area (Å²) in [7, 11) is 0. The quantitative estimate of drug-likeness (QED) is 0.791. The number of hydrogen-bond donors (Lipinski definition) is 1. The predicted octanol–water partition coefficient (Wildman–Crippen LogP) is 3.95. The largest absolute Gasteiger partial charge is 0.481 e. The van der Waals surface area contributed by atoms with Crippen molar-refractivity contribution in [1.29, 1.82) is 0 Å². The highest BCUT2D eigenvalue weighted by Crippen LogP contribution is 2.44. The SMILES string of the molecule is CC1CC(C)CC(C2CCCCC2C(=O)O)C1. The van der Waals surface area contributed by atoms with Crippen molar-refractivity contribution in [3.63, 3.8) is 0 Å². The lowest BCUT2D eigenvalue weighted by Gasteiger charge is -2.40. The van der Waals surface area contributed by atoms with Crippen LogP contribution in [-0.2, 0) is 4.79 Å². The summed E-state index contributed by atoms with van der Waals surface area (Å²) in [5, 5.41) is 9.37. The normalized spacial score (nSPS) is 43.3. The van der Waals surface area contributed by atoms with E-state index in [4.69, 9.17) is 0 Å². The molecule has 2 aliphatic rings. The molecule has 1 N–H and O–H groups in total. The molecule has 0 radical (unpaired) electrons. The van der Waals surface area contributed by atoms with Crippen LogP contribution in [0.4, 0.5) is 0 Å². The van der Waals surface area contributed by atoms with Crippen molar-refractivity contribution < 1.29 is 9.90 Å². The first-order chi connectivity index (χ1) is 8.08. The van der Waals surface area contributed by atoms with E-state index in [2.05, 4.69) is 13.8 Å². The average Bonchev–Trinajstić information content (AvgIpc) is 2.27. The molecule has 98 valence electrons. The van der Waals surface area contributed by atoms with Gasteiger partial charge in [0.2, 0.25) is 0 Å². The molecule has 2 rings (SSSR count). The molecule has 0 aliphatic heterocycles. The third-order valence-corrected chi connectivity index (χ3v) is 4.96. The molecule has 4 atom stereocenters. The second-order valence-corrected chi connectivity index (χ2v) is 6.57. The molecule has 0 amide bonds. The monoisotopic (exact) mass is 238 g/mol. The summed E-state index contributed by atoms with van der Waals surface area (Å²) in [6.07, 6.45) is 8.29. The zero-order valence-corrected chi connectivity index (χ0v) is 11.2. The van der Waals surface area contributed by atoms with Crippen LogP contribution in [0.15, 0.2) is 0 Å². The molecule has 0 spiro atoms. The van der Waals surface area contributed by atoms with Crippen molar-refractivity contribution in [1.82, 2.24) is 0 Å². The van der Waals surface area contributed by atoms with E-state index in [0.717, 1.165) is 31.1 Å². The lowest BCUT2D eigenvalue weighted by atomic mass is 9.64. The van der Waals surface area contributed by atoms with E-state index in [-0.39, 0.29) is 5.92 Å². The van der Waals surface area contributed by atoms with Gasteiger partial charge in [-0.05, 0) is 55.8 Å². The Bertz CT molecular complexity index is 264.